The van der Waals surface area contributed by atoms with E-state index in [0.29, 0.717) is 12.3 Å². The van der Waals surface area contributed by atoms with Crippen LogP contribution in [0.3, 0.4) is 0 Å². The van der Waals surface area contributed by atoms with Crippen LogP contribution in [-0.4, -0.2) is 77.0 Å². The Bertz CT molecular complexity index is 862. The third kappa shape index (κ3) is 5.94. The molecule has 2 aromatic heterocycles. The van der Waals surface area contributed by atoms with Gasteiger partial charge >= 0.3 is 0 Å². The van der Waals surface area contributed by atoms with Gasteiger partial charge in [0.25, 0.3) is 0 Å². The molecule has 2 amide bonds. The fourth-order valence-electron chi connectivity index (χ4n) is 4.46. The molecule has 9 nitrogen and oxygen atoms in total. The Labute approximate surface area is 184 Å². The summed E-state index contributed by atoms with van der Waals surface area (Å²) in [5, 5.41) is 7.09. The molecule has 2 aliphatic heterocycles. The lowest BCUT2D eigenvalue weighted by atomic mass is 10.1. The third-order valence-electron chi connectivity index (χ3n) is 5.99. The number of H-pyrrole nitrogens is 1. The summed E-state index contributed by atoms with van der Waals surface area (Å²) in [6.07, 6.45) is 6.30. The number of hydrogen-bond acceptors (Lipinski definition) is 6. The zero-order chi connectivity index (χ0) is 22.2. The summed E-state index contributed by atoms with van der Waals surface area (Å²) in [5.41, 5.74) is 0.859. The number of nitrogens with one attached hydrogen (secondary N) is 3. The van der Waals surface area contributed by atoms with E-state index in [1.54, 1.807) is 13.3 Å². The summed E-state index contributed by atoms with van der Waals surface area (Å²) < 4.78 is 0. The van der Waals surface area contributed by atoms with E-state index in [0.717, 1.165) is 69.0 Å². The maximum absolute atomic E-state index is 11.7. The predicted molar refractivity (Wildman–Crippen MR) is 122 cm³/mol. The van der Waals surface area contributed by atoms with Gasteiger partial charge < -0.3 is 25.4 Å². The van der Waals surface area contributed by atoms with Gasteiger partial charge in [-0.3, -0.25) is 9.59 Å². The Balaban J connectivity index is 0.000000210. The van der Waals surface area contributed by atoms with Gasteiger partial charge in [-0.1, -0.05) is 0 Å². The molecule has 2 saturated heterocycles. The van der Waals surface area contributed by atoms with Crippen molar-refractivity contribution >= 4 is 28.7 Å². The molecule has 0 aromatic carbocycles. The first-order chi connectivity index (χ1) is 15.0. The van der Waals surface area contributed by atoms with Gasteiger partial charge in [-0.25, -0.2) is 9.97 Å². The second kappa shape index (κ2) is 11.1. The van der Waals surface area contributed by atoms with Crippen LogP contribution in [0.2, 0.25) is 0 Å². The highest BCUT2D eigenvalue weighted by molar-refractivity contribution is 5.87. The molecular weight excluding hydrogens is 394 g/mol. The Hall–Kier alpha value is -2.68. The average molecular weight is 430 g/mol. The molecule has 0 bridgehead atoms. The minimum Gasteiger partial charge on any atom is -0.356 e. The summed E-state index contributed by atoms with van der Waals surface area (Å²) in [7, 11) is 0. The van der Waals surface area contributed by atoms with Gasteiger partial charge in [0.2, 0.25) is 11.8 Å². The second-order valence-corrected chi connectivity index (χ2v) is 8.15. The van der Waals surface area contributed by atoms with Gasteiger partial charge in [0.15, 0.2) is 0 Å². The number of rotatable bonds is 6. The average Bonchev–Trinajstić information content (AvgIpc) is 3.50. The molecular formula is C22H35N7O2. The Morgan fingerprint density at radius 3 is 2.81 bits per heavy atom. The van der Waals surface area contributed by atoms with Gasteiger partial charge in [0, 0.05) is 45.7 Å². The number of fused-ring (bicyclic) bond motifs is 1. The number of amides is 2. The number of aromatic amines is 1. The highest BCUT2D eigenvalue weighted by Crippen LogP contribution is 2.27. The van der Waals surface area contributed by atoms with Crippen molar-refractivity contribution in [2.45, 2.75) is 46.1 Å². The normalized spacial score (nSPS) is 20.4. The molecule has 4 heterocycles. The summed E-state index contributed by atoms with van der Waals surface area (Å²) in [4.78, 5) is 38.6. The molecule has 170 valence electrons. The van der Waals surface area contributed by atoms with Crippen LogP contribution in [0, 0.1) is 5.92 Å². The van der Waals surface area contributed by atoms with Crippen LogP contribution in [0.15, 0.2) is 18.6 Å². The Kier molecular flexibility index (Phi) is 8.22. The van der Waals surface area contributed by atoms with E-state index in [1.807, 2.05) is 31.0 Å². The predicted octanol–water partition coefficient (Wildman–Crippen LogP) is 1.53. The highest BCUT2D eigenvalue weighted by Gasteiger charge is 2.30. The van der Waals surface area contributed by atoms with Crippen LogP contribution in [0.5, 0.6) is 0 Å². The number of hydrogen-bond donors (Lipinski definition) is 3. The van der Waals surface area contributed by atoms with Crippen LogP contribution < -0.4 is 15.5 Å². The summed E-state index contributed by atoms with van der Waals surface area (Å²) in [6, 6.07) is 2.28. The zero-order valence-electron chi connectivity index (χ0n) is 18.9. The molecule has 0 aliphatic carbocycles. The van der Waals surface area contributed by atoms with Gasteiger partial charge in [-0.15, -0.1) is 0 Å². The second-order valence-electron chi connectivity index (χ2n) is 8.15. The standard InChI is InChI=1S/C14H19N5O.C8H16N2O/c1-3-19(10(2)20)11-5-7-18(8-11)14-12-4-6-15-13(12)16-9-17-14;1-2-10-8(11)5-7-3-4-9-6-7/h4,6,9,11H,3,5,7-8H2,1-2H3,(H,15,16,17);7,9H,2-6H2,1H3,(H,10,11). The molecule has 2 unspecified atom stereocenters. The number of likely N-dealkylation sites (N-methyl/N-ethyl adjacent to an activating group) is 1. The van der Waals surface area contributed by atoms with Crippen molar-refractivity contribution in [3.8, 4) is 0 Å². The number of nitrogens with zero attached hydrogens (tertiary/aromatic N) is 4. The first kappa shape index (κ1) is 23.0. The van der Waals surface area contributed by atoms with Crippen LogP contribution in [0.25, 0.3) is 11.0 Å². The van der Waals surface area contributed by atoms with E-state index < -0.39 is 0 Å². The van der Waals surface area contributed by atoms with Crippen LogP contribution in [-0.2, 0) is 9.59 Å². The summed E-state index contributed by atoms with van der Waals surface area (Å²) >= 11 is 0. The lowest BCUT2D eigenvalue weighted by molar-refractivity contribution is -0.130. The van der Waals surface area contributed by atoms with E-state index in [1.165, 1.54) is 0 Å². The van der Waals surface area contributed by atoms with Crippen molar-refractivity contribution in [3.63, 3.8) is 0 Å². The molecule has 9 heteroatoms. The molecule has 2 aliphatic rings. The first-order valence-electron chi connectivity index (χ1n) is 11.3. The Morgan fingerprint density at radius 1 is 1.29 bits per heavy atom. The van der Waals surface area contributed by atoms with Gasteiger partial charge in [0.05, 0.1) is 11.4 Å². The fraction of sp³-hybridized carbons (Fsp3) is 0.636. The molecule has 31 heavy (non-hydrogen) atoms. The van der Waals surface area contributed by atoms with Crippen LogP contribution >= 0.6 is 0 Å². The lowest BCUT2D eigenvalue weighted by Crippen LogP contribution is -2.40. The van der Waals surface area contributed by atoms with Crippen LogP contribution in [0.1, 0.15) is 40.0 Å². The van der Waals surface area contributed by atoms with Crippen molar-refractivity contribution in [2.75, 3.05) is 44.2 Å². The highest BCUT2D eigenvalue weighted by atomic mass is 16.2. The van der Waals surface area contributed by atoms with Gasteiger partial charge in [0.1, 0.15) is 17.8 Å². The molecule has 2 aromatic rings. The van der Waals surface area contributed by atoms with Crippen molar-refractivity contribution in [2.24, 2.45) is 5.92 Å². The van der Waals surface area contributed by atoms with E-state index in [4.69, 9.17) is 0 Å². The van der Waals surface area contributed by atoms with Crippen molar-refractivity contribution in [1.82, 2.24) is 30.5 Å². The van der Waals surface area contributed by atoms with Crippen molar-refractivity contribution in [1.29, 1.82) is 0 Å². The molecule has 0 radical (unpaired) electrons. The Morgan fingerprint density at radius 2 is 2.13 bits per heavy atom. The molecule has 0 saturated carbocycles. The largest absolute Gasteiger partial charge is 0.356 e. The first-order valence-corrected chi connectivity index (χ1v) is 11.3. The SMILES string of the molecule is CCN(C(C)=O)C1CCN(c2ncnc3[nH]ccc23)C1.CCNC(=O)CC1CCNC1. The molecule has 2 atom stereocenters. The van der Waals surface area contributed by atoms with E-state index >= 15 is 0 Å². The molecule has 2 fully saturated rings. The van der Waals surface area contributed by atoms with Crippen LogP contribution in [0.4, 0.5) is 5.82 Å². The van der Waals surface area contributed by atoms with Gasteiger partial charge in [-0.2, -0.15) is 0 Å². The monoisotopic (exact) mass is 429 g/mol. The summed E-state index contributed by atoms with van der Waals surface area (Å²) in [6.45, 7) is 11.0. The van der Waals surface area contributed by atoms with Crippen molar-refractivity contribution < 1.29 is 9.59 Å². The number of anilines is 1. The molecule has 0 spiro atoms. The molecule has 3 N–H and O–H groups in total. The van der Waals surface area contributed by atoms with Crippen molar-refractivity contribution in [3.05, 3.63) is 18.6 Å². The lowest BCUT2D eigenvalue weighted by Gasteiger charge is -2.27. The zero-order valence-corrected chi connectivity index (χ0v) is 18.9. The van der Waals surface area contributed by atoms with Gasteiger partial charge in [-0.05, 0) is 51.8 Å². The minimum absolute atomic E-state index is 0.147. The van der Waals surface area contributed by atoms with E-state index in [-0.39, 0.29) is 17.9 Å². The smallest absolute Gasteiger partial charge is 0.220 e. The fourth-order valence-corrected chi connectivity index (χ4v) is 4.46. The third-order valence-corrected chi connectivity index (χ3v) is 5.99. The number of carbonyl (C=O) groups is 2. The van der Waals surface area contributed by atoms with E-state index in [9.17, 15) is 9.59 Å². The minimum atomic E-state index is 0.147. The summed E-state index contributed by atoms with van der Waals surface area (Å²) in [5.74, 6) is 1.87. The molecule has 4 rings (SSSR count). The maximum atomic E-state index is 11.7. The maximum Gasteiger partial charge on any atom is 0.220 e. The topological polar surface area (TPSA) is 106 Å². The quantitative estimate of drug-likeness (QED) is 0.643. The number of aromatic nitrogens is 3. The van der Waals surface area contributed by atoms with E-state index in [2.05, 4.69) is 30.5 Å². The number of carbonyl (C=O) groups excluding carboxylic acids is 2.